The highest BCUT2D eigenvalue weighted by Gasteiger charge is 2.27. The van der Waals surface area contributed by atoms with Gasteiger partial charge in [0, 0.05) is 25.0 Å². The third-order valence-corrected chi connectivity index (χ3v) is 4.13. The Balaban J connectivity index is 1.75. The van der Waals surface area contributed by atoms with Crippen LogP contribution in [0.5, 0.6) is 0 Å². The van der Waals surface area contributed by atoms with E-state index in [9.17, 15) is 9.59 Å². The molecule has 0 radical (unpaired) electrons. The lowest BCUT2D eigenvalue weighted by atomic mass is 9.92. The summed E-state index contributed by atoms with van der Waals surface area (Å²) in [6.07, 6.45) is 7.46. The molecule has 0 aromatic heterocycles. The molecule has 1 saturated carbocycles. The highest BCUT2D eigenvalue weighted by molar-refractivity contribution is 5.79. The summed E-state index contributed by atoms with van der Waals surface area (Å²) in [5.74, 6) is 0.230. The van der Waals surface area contributed by atoms with Crippen molar-refractivity contribution in [3.8, 4) is 0 Å². The number of nitrogens with two attached hydrogens (primary N) is 1. The van der Waals surface area contributed by atoms with Gasteiger partial charge in [-0.1, -0.05) is 19.3 Å². The van der Waals surface area contributed by atoms with Crippen molar-refractivity contribution >= 4 is 11.9 Å². The van der Waals surface area contributed by atoms with Crippen molar-refractivity contribution in [2.24, 2.45) is 11.7 Å². The van der Waals surface area contributed by atoms with E-state index in [1.165, 1.54) is 19.3 Å². The molecule has 102 valence electrons. The molecular formula is C13H23N3O2. The number of rotatable bonds is 2. The maximum absolute atomic E-state index is 12.1. The molecule has 3 amide bonds. The number of carbonyl (C=O) groups is 2. The normalized spacial score (nSPS) is 22.8. The van der Waals surface area contributed by atoms with Gasteiger partial charge in [-0.2, -0.15) is 0 Å². The number of hydrogen-bond donors (Lipinski definition) is 2. The van der Waals surface area contributed by atoms with Gasteiger partial charge in [-0.15, -0.1) is 0 Å². The van der Waals surface area contributed by atoms with Gasteiger partial charge in [0.15, 0.2) is 0 Å². The Hall–Kier alpha value is -1.26. The van der Waals surface area contributed by atoms with Crippen molar-refractivity contribution in [2.45, 2.75) is 51.0 Å². The number of hydrogen-bond acceptors (Lipinski definition) is 2. The monoisotopic (exact) mass is 253 g/mol. The smallest absolute Gasteiger partial charge is 0.314 e. The molecule has 1 aliphatic heterocycles. The average Bonchev–Trinajstić information content (AvgIpc) is 2.40. The van der Waals surface area contributed by atoms with Crippen LogP contribution in [0.15, 0.2) is 0 Å². The Kier molecular flexibility index (Phi) is 4.44. The van der Waals surface area contributed by atoms with Gasteiger partial charge in [0.2, 0.25) is 5.91 Å². The second kappa shape index (κ2) is 6.07. The zero-order valence-electron chi connectivity index (χ0n) is 10.9. The topological polar surface area (TPSA) is 75.4 Å². The number of piperidine rings is 1. The average molecular weight is 253 g/mol. The minimum Gasteiger partial charge on any atom is -0.353 e. The molecule has 1 aliphatic carbocycles. The van der Waals surface area contributed by atoms with Crippen LogP contribution in [0.25, 0.3) is 0 Å². The fraction of sp³-hybridized carbons (Fsp3) is 0.846. The summed E-state index contributed by atoms with van der Waals surface area (Å²) in [5.41, 5.74) is 5.22. The number of primary amides is 1. The number of nitrogens with zero attached hydrogens (tertiary/aromatic N) is 1. The second-order valence-corrected chi connectivity index (χ2v) is 5.44. The Labute approximate surface area is 108 Å². The molecule has 1 saturated heterocycles. The van der Waals surface area contributed by atoms with E-state index in [4.69, 9.17) is 5.73 Å². The SMILES string of the molecule is NC(=O)N1CCC(C(=O)NC2CCCCC2)CC1. The fourth-order valence-electron chi connectivity index (χ4n) is 2.93. The van der Waals surface area contributed by atoms with Crippen LogP contribution in [0.4, 0.5) is 4.79 Å². The molecule has 3 N–H and O–H groups in total. The lowest BCUT2D eigenvalue weighted by Crippen LogP contribution is -2.47. The van der Waals surface area contributed by atoms with Gasteiger partial charge >= 0.3 is 6.03 Å². The van der Waals surface area contributed by atoms with Crippen LogP contribution in [-0.2, 0) is 4.79 Å². The molecule has 0 aromatic carbocycles. The van der Waals surface area contributed by atoms with E-state index < -0.39 is 0 Å². The van der Waals surface area contributed by atoms with Crippen LogP contribution in [0.3, 0.4) is 0 Å². The van der Waals surface area contributed by atoms with E-state index in [1.807, 2.05) is 0 Å². The minimum atomic E-state index is -0.374. The van der Waals surface area contributed by atoms with E-state index in [0.717, 1.165) is 25.7 Å². The highest BCUT2D eigenvalue weighted by Crippen LogP contribution is 2.20. The number of likely N-dealkylation sites (tertiary alicyclic amines) is 1. The van der Waals surface area contributed by atoms with Crippen LogP contribution in [0.1, 0.15) is 44.9 Å². The van der Waals surface area contributed by atoms with E-state index in [-0.39, 0.29) is 17.9 Å². The van der Waals surface area contributed by atoms with E-state index in [1.54, 1.807) is 4.90 Å². The molecule has 2 aliphatic rings. The van der Waals surface area contributed by atoms with Gasteiger partial charge in [-0.3, -0.25) is 4.79 Å². The fourth-order valence-corrected chi connectivity index (χ4v) is 2.93. The van der Waals surface area contributed by atoms with Gasteiger partial charge in [0.25, 0.3) is 0 Å². The van der Waals surface area contributed by atoms with Crippen molar-refractivity contribution in [3.63, 3.8) is 0 Å². The number of amides is 3. The van der Waals surface area contributed by atoms with Gasteiger partial charge in [0.1, 0.15) is 0 Å². The van der Waals surface area contributed by atoms with Crippen molar-refractivity contribution in [1.29, 1.82) is 0 Å². The Morgan fingerprint density at radius 2 is 1.61 bits per heavy atom. The molecule has 5 heteroatoms. The maximum atomic E-state index is 12.1. The van der Waals surface area contributed by atoms with Gasteiger partial charge in [-0.25, -0.2) is 4.79 Å². The van der Waals surface area contributed by atoms with Gasteiger partial charge in [-0.05, 0) is 25.7 Å². The Bertz CT molecular complexity index is 305. The first-order valence-electron chi connectivity index (χ1n) is 7.01. The Morgan fingerprint density at radius 1 is 1.00 bits per heavy atom. The van der Waals surface area contributed by atoms with Gasteiger partial charge in [0.05, 0.1) is 0 Å². The molecule has 1 heterocycles. The third kappa shape index (κ3) is 3.37. The molecular weight excluding hydrogens is 230 g/mol. The van der Waals surface area contributed by atoms with Crippen molar-refractivity contribution < 1.29 is 9.59 Å². The summed E-state index contributed by atoms with van der Waals surface area (Å²) in [5, 5.41) is 3.16. The minimum absolute atomic E-state index is 0.0579. The van der Waals surface area contributed by atoms with Crippen molar-refractivity contribution in [2.75, 3.05) is 13.1 Å². The quantitative estimate of drug-likeness (QED) is 0.776. The number of urea groups is 1. The first kappa shape index (κ1) is 13.2. The zero-order valence-corrected chi connectivity index (χ0v) is 10.9. The molecule has 0 bridgehead atoms. The van der Waals surface area contributed by atoms with Gasteiger partial charge < -0.3 is 16.0 Å². The molecule has 0 unspecified atom stereocenters. The van der Waals surface area contributed by atoms with Crippen LogP contribution in [-0.4, -0.2) is 36.0 Å². The summed E-state index contributed by atoms with van der Waals surface area (Å²) < 4.78 is 0. The van der Waals surface area contributed by atoms with E-state index in [0.29, 0.717) is 19.1 Å². The predicted octanol–water partition coefficient (Wildman–Crippen LogP) is 1.23. The summed E-state index contributed by atoms with van der Waals surface area (Å²) in [4.78, 5) is 24.7. The number of carbonyl (C=O) groups excluding carboxylic acids is 2. The summed E-state index contributed by atoms with van der Waals surface area (Å²) in [6, 6.07) is 0.00144. The van der Waals surface area contributed by atoms with Crippen LogP contribution >= 0.6 is 0 Å². The molecule has 0 atom stereocenters. The first-order chi connectivity index (χ1) is 8.66. The largest absolute Gasteiger partial charge is 0.353 e. The maximum Gasteiger partial charge on any atom is 0.314 e. The first-order valence-corrected chi connectivity index (χ1v) is 7.01. The molecule has 5 nitrogen and oxygen atoms in total. The van der Waals surface area contributed by atoms with Crippen LogP contribution in [0.2, 0.25) is 0 Å². The predicted molar refractivity (Wildman–Crippen MR) is 68.9 cm³/mol. The standard InChI is InChI=1S/C13H23N3O2/c14-13(18)16-8-6-10(7-9-16)12(17)15-11-4-2-1-3-5-11/h10-11H,1-9H2,(H2,14,18)(H,15,17). The molecule has 18 heavy (non-hydrogen) atoms. The van der Waals surface area contributed by atoms with Crippen LogP contribution in [0, 0.1) is 5.92 Å². The van der Waals surface area contributed by atoms with E-state index in [2.05, 4.69) is 5.32 Å². The third-order valence-electron chi connectivity index (χ3n) is 4.13. The lowest BCUT2D eigenvalue weighted by molar-refractivity contribution is -0.127. The zero-order chi connectivity index (χ0) is 13.0. The Morgan fingerprint density at radius 3 is 2.17 bits per heavy atom. The molecule has 0 spiro atoms. The molecule has 2 rings (SSSR count). The van der Waals surface area contributed by atoms with E-state index >= 15 is 0 Å². The number of nitrogens with one attached hydrogen (secondary N) is 1. The summed E-state index contributed by atoms with van der Waals surface area (Å²) in [6.45, 7) is 1.22. The lowest BCUT2D eigenvalue weighted by Gasteiger charge is -2.31. The van der Waals surface area contributed by atoms with Crippen molar-refractivity contribution in [3.05, 3.63) is 0 Å². The second-order valence-electron chi connectivity index (χ2n) is 5.44. The summed E-state index contributed by atoms with van der Waals surface area (Å²) in [7, 11) is 0. The summed E-state index contributed by atoms with van der Waals surface area (Å²) >= 11 is 0. The molecule has 2 fully saturated rings. The molecule has 0 aromatic rings. The highest BCUT2D eigenvalue weighted by atomic mass is 16.2. The van der Waals surface area contributed by atoms with Crippen molar-refractivity contribution in [1.82, 2.24) is 10.2 Å². The van der Waals surface area contributed by atoms with Crippen LogP contribution < -0.4 is 11.1 Å².